The number of benzene rings is 1. The lowest BCUT2D eigenvalue weighted by Gasteiger charge is -2.31. The summed E-state index contributed by atoms with van der Waals surface area (Å²) in [5, 5.41) is 4.53. The summed E-state index contributed by atoms with van der Waals surface area (Å²) in [6.07, 6.45) is 6.84. The normalized spacial score (nSPS) is 29.2. The number of halogens is 1. The van der Waals surface area contributed by atoms with E-state index >= 15 is 0 Å². The van der Waals surface area contributed by atoms with Crippen LogP contribution < -0.4 is 10.2 Å². The molecule has 19 heavy (non-hydrogen) atoms. The Labute approximate surface area is 120 Å². The lowest BCUT2D eigenvalue weighted by molar-refractivity contribution is 0.551. The topological polar surface area (TPSA) is 15.3 Å². The fraction of sp³-hybridized carbons (Fsp3) is 0.625. The maximum absolute atomic E-state index is 6.45. The Morgan fingerprint density at radius 3 is 2.79 bits per heavy atom. The molecule has 2 nitrogen and oxygen atoms in total. The second-order valence-electron chi connectivity index (χ2n) is 6.38. The third-order valence-corrected chi connectivity index (χ3v) is 5.31. The van der Waals surface area contributed by atoms with E-state index in [1.807, 2.05) is 6.07 Å². The highest BCUT2D eigenvalue weighted by Gasteiger charge is 2.38. The predicted molar refractivity (Wildman–Crippen MR) is 79.8 cm³/mol. The number of hydrogen-bond acceptors (Lipinski definition) is 2. The molecule has 4 rings (SSSR count). The van der Waals surface area contributed by atoms with E-state index in [-0.39, 0.29) is 0 Å². The highest BCUT2D eigenvalue weighted by atomic mass is 35.5. The third kappa shape index (κ3) is 2.25. The second-order valence-corrected chi connectivity index (χ2v) is 6.79. The minimum atomic E-state index is 0.735. The molecule has 1 aromatic rings. The first-order chi connectivity index (χ1) is 9.31. The van der Waals surface area contributed by atoms with Gasteiger partial charge in [-0.2, -0.15) is 0 Å². The smallest absolute Gasteiger partial charge is 0.0471 e. The lowest BCUT2D eigenvalue weighted by Crippen LogP contribution is -2.33. The summed E-state index contributed by atoms with van der Waals surface area (Å²) in [6.45, 7) is 2.16. The molecule has 2 bridgehead atoms. The number of fused-ring (bicyclic) bond motifs is 2. The molecular formula is C16H21ClN2. The van der Waals surface area contributed by atoms with Crippen LogP contribution in [0.2, 0.25) is 5.02 Å². The molecule has 0 radical (unpaired) electrons. The standard InChI is InChI=1S/C16H21ClN2/c17-15-2-1-3-16(14(15)9-18-12-5-6-12)19-10-11-4-7-13(19)8-11/h1-3,11-13,18H,4-10H2. The van der Waals surface area contributed by atoms with Crippen molar-refractivity contribution in [2.75, 3.05) is 11.4 Å². The number of nitrogens with one attached hydrogen (secondary N) is 1. The van der Waals surface area contributed by atoms with Gasteiger partial charge in [-0.25, -0.2) is 0 Å². The van der Waals surface area contributed by atoms with Gasteiger partial charge in [0.1, 0.15) is 0 Å². The molecule has 0 amide bonds. The minimum absolute atomic E-state index is 0.735. The maximum atomic E-state index is 6.45. The Morgan fingerprint density at radius 2 is 2.11 bits per heavy atom. The van der Waals surface area contributed by atoms with Crippen LogP contribution in [0, 0.1) is 5.92 Å². The molecule has 2 aliphatic carbocycles. The molecule has 1 N–H and O–H groups in total. The maximum Gasteiger partial charge on any atom is 0.0471 e. The Bertz CT molecular complexity index is 484. The number of rotatable bonds is 4. The van der Waals surface area contributed by atoms with Crippen molar-refractivity contribution in [1.82, 2.24) is 5.32 Å². The van der Waals surface area contributed by atoms with E-state index in [2.05, 4.69) is 22.3 Å². The number of anilines is 1. The Morgan fingerprint density at radius 1 is 1.21 bits per heavy atom. The van der Waals surface area contributed by atoms with Crippen molar-refractivity contribution in [3.8, 4) is 0 Å². The van der Waals surface area contributed by atoms with Crippen LogP contribution in [0.25, 0.3) is 0 Å². The molecular weight excluding hydrogens is 256 g/mol. The zero-order valence-electron chi connectivity index (χ0n) is 11.2. The van der Waals surface area contributed by atoms with Crippen molar-refractivity contribution in [1.29, 1.82) is 0 Å². The van der Waals surface area contributed by atoms with Crippen LogP contribution >= 0.6 is 11.6 Å². The summed E-state index contributed by atoms with van der Waals surface area (Å²) >= 11 is 6.45. The van der Waals surface area contributed by atoms with Crippen LogP contribution in [0.5, 0.6) is 0 Å². The van der Waals surface area contributed by atoms with Gasteiger partial charge in [0.25, 0.3) is 0 Å². The van der Waals surface area contributed by atoms with Crippen molar-refractivity contribution in [2.24, 2.45) is 5.92 Å². The largest absolute Gasteiger partial charge is 0.368 e. The highest BCUT2D eigenvalue weighted by molar-refractivity contribution is 6.31. The Balaban J connectivity index is 1.60. The van der Waals surface area contributed by atoms with E-state index in [0.717, 1.165) is 29.6 Å². The van der Waals surface area contributed by atoms with Gasteiger partial charge in [0.05, 0.1) is 0 Å². The van der Waals surface area contributed by atoms with Crippen molar-refractivity contribution in [2.45, 2.75) is 50.7 Å². The molecule has 1 heterocycles. The summed E-state index contributed by atoms with van der Waals surface area (Å²) in [5.41, 5.74) is 2.69. The summed E-state index contributed by atoms with van der Waals surface area (Å²) in [4.78, 5) is 2.62. The zero-order chi connectivity index (χ0) is 12.8. The molecule has 1 aliphatic heterocycles. The first kappa shape index (κ1) is 12.0. The van der Waals surface area contributed by atoms with Gasteiger partial charge in [0.2, 0.25) is 0 Å². The number of piperidine rings is 1. The predicted octanol–water partition coefficient (Wildman–Crippen LogP) is 3.58. The monoisotopic (exact) mass is 276 g/mol. The molecule has 0 aromatic heterocycles. The van der Waals surface area contributed by atoms with Gasteiger partial charge in [-0.05, 0) is 50.2 Å². The zero-order valence-corrected chi connectivity index (χ0v) is 12.0. The first-order valence-electron chi connectivity index (χ1n) is 7.58. The highest BCUT2D eigenvalue weighted by Crippen LogP contribution is 2.42. The van der Waals surface area contributed by atoms with Crippen LogP contribution in [0.15, 0.2) is 18.2 Å². The van der Waals surface area contributed by atoms with Gasteiger partial charge in [-0.15, -0.1) is 0 Å². The van der Waals surface area contributed by atoms with Crippen molar-refractivity contribution >= 4 is 17.3 Å². The van der Waals surface area contributed by atoms with E-state index in [1.54, 1.807) is 0 Å². The van der Waals surface area contributed by atoms with E-state index in [0.29, 0.717) is 0 Å². The molecule has 2 unspecified atom stereocenters. The van der Waals surface area contributed by atoms with Gasteiger partial charge in [0.15, 0.2) is 0 Å². The van der Waals surface area contributed by atoms with Gasteiger partial charge in [-0.1, -0.05) is 17.7 Å². The Hall–Kier alpha value is -0.730. The summed E-state index contributed by atoms with van der Waals surface area (Å²) < 4.78 is 0. The lowest BCUT2D eigenvalue weighted by atomic mass is 10.1. The van der Waals surface area contributed by atoms with Crippen molar-refractivity contribution in [3.63, 3.8) is 0 Å². The van der Waals surface area contributed by atoms with Crippen LogP contribution in [-0.4, -0.2) is 18.6 Å². The molecule has 3 heteroatoms. The first-order valence-corrected chi connectivity index (χ1v) is 7.96. The van der Waals surface area contributed by atoms with Gasteiger partial charge in [-0.3, -0.25) is 0 Å². The molecule has 1 saturated heterocycles. The molecule has 0 spiro atoms. The van der Waals surface area contributed by atoms with Crippen LogP contribution in [-0.2, 0) is 6.54 Å². The average molecular weight is 277 g/mol. The van der Waals surface area contributed by atoms with Crippen LogP contribution in [0.1, 0.15) is 37.7 Å². The van der Waals surface area contributed by atoms with E-state index in [4.69, 9.17) is 11.6 Å². The summed E-state index contributed by atoms with van der Waals surface area (Å²) in [5.74, 6) is 0.924. The van der Waals surface area contributed by atoms with Crippen molar-refractivity contribution in [3.05, 3.63) is 28.8 Å². The quantitative estimate of drug-likeness (QED) is 0.904. The number of hydrogen-bond donors (Lipinski definition) is 1. The molecule has 3 fully saturated rings. The van der Waals surface area contributed by atoms with Crippen molar-refractivity contribution < 1.29 is 0 Å². The fourth-order valence-electron chi connectivity index (χ4n) is 3.74. The van der Waals surface area contributed by atoms with Crippen LogP contribution in [0.3, 0.4) is 0 Å². The van der Waals surface area contributed by atoms with Gasteiger partial charge >= 0.3 is 0 Å². The molecule has 1 aromatic carbocycles. The molecule has 102 valence electrons. The SMILES string of the molecule is Clc1cccc(N2CC3CCC2C3)c1CNC1CC1. The fourth-order valence-corrected chi connectivity index (χ4v) is 3.98. The third-order valence-electron chi connectivity index (χ3n) is 4.96. The Kier molecular flexibility index (Phi) is 2.96. The second kappa shape index (κ2) is 4.68. The molecule has 2 atom stereocenters. The van der Waals surface area contributed by atoms with E-state index in [9.17, 15) is 0 Å². The number of nitrogens with zero attached hydrogens (tertiary/aromatic N) is 1. The molecule has 3 aliphatic rings. The van der Waals surface area contributed by atoms with Gasteiger partial charge < -0.3 is 10.2 Å². The minimum Gasteiger partial charge on any atom is -0.368 e. The van der Waals surface area contributed by atoms with E-state index < -0.39 is 0 Å². The molecule has 2 saturated carbocycles. The summed E-state index contributed by atoms with van der Waals surface area (Å²) in [6, 6.07) is 7.90. The van der Waals surface area contributed by atoms with E-state index in [1.165, 1.54) is 49.9 Å². The van der Waals surface area contributed by atoms with Crippen LogP contribution in [0.4, 0.5) is 5.69 Å². The average Bonchev–Trinajstić information content (AvgIpc) is 3.00. The summed E-state index contributed by atoms with van der Waals surface area (Å²) in [7, 11) is 0. The van der Waals surface area contributed by atoms with Gasteiger partial charge in [0, 0.05) is 41.4 Å².